The number of halogens is 1. The highest BCUT2D eigenvalue weighted by Crippen LogP contribution is 2.32. The van der Waals surface area contributed by atoms with E-state index in [1.165, 1.54) is 16.5 Å². The van der Waals surface area contributed by atoms with Gasteiger partial charge in [-0.3, -0.25) is 9.10 Å². The summed E-state index contributed by atoms with van der Waals surface area (Å²) in [6, 6.07) is 23.7. The second kappa shape index (κ2) is 9.87. The minimum atomic E-state index is -3.99. The van der Waals surface area contributed by atoms with E-state index >= 15 is 0 Å². The van der Waals surface area contributed by atoms with E-state index in [-0.39, 0.29) is 4.90 Å². The number of sulfonamides is 1. The van der Waals surface area contributed by atoms with Crippen molar-refractivity contribution >= 4 is 54.5 Å². The van der Waals surface area contributed by atoms with Crippen molar-refractivity contribution in [2.24, 2.45) is 5.10 Å². The van der Waals surface area contributed by atoms with Crippen LogP contribution in [0, 0.1) is 6.92 Å². The van der Waals surface area contributed by atoms with Gasteiger partial charge in [-0.1, -0.05) is 70.0 Å². The predicted molar refractivity (Wildman–Crippen MR) is 147 cm³/mol. The number of rotatable bonds is 7. The van der Waals surface area contributed by atoms with Crippen LogP contribution in [0.5, 0.6) is 0 Å². The van der Waals surface area contributed by atoms with Gasteiger partial charge in [-0.05, 0) is 72.0 Å². The van der Waals surface area contributed by atoms with Crippen LogP contribution in [-0.2, 0) is 27.7 Å². The molecule has 0 aromatic heterocycles. The summed E-state index contributed by atoms with van der Waals surface area (Å²) in [7, 11) is -3.99. The van der Waals surface area contributed by atoms with Crippen LogP contribution in [0.4, 0.5) is 5.69 Å². The molecule has 0 saturated carbocycles. The van der Waals surface area contributed by atoms with Crippen LogP contribution < -0.4 is 9.73 Å². The fraction of sp³-hybridized carbons (Fsp3) is 0.143. The third kappa shape index (κ3) is 4.79. The topological polar surface area (TPSA) is 78.8 Å². The van der Waals surface area contributed by atoms with E-state index in [4.69, 9.17) is 0 Å². The molecule has 1 aliphatic rings. The van der Waals surface area contributed by atoms with Crippen molar-refractivity contribution in [2.75, 3.05) is 10.8 Å². The number of carbonyl (C=O) groups is 1. The summed E-state index contributed by atoms with van der Waals surface area (Å²) < 4.78 is 28.8. The van der Waals surface area contributed by atoms with Crippen molar-refractivity contribution in [2.45, 2.75) is 24.7 Å². The Labute approximate surface area is 218 Å². The first-order chi connectivity index (χ1) is 17.3. The van der Waals surface area contributed by atoms with E-state index in [1.54, 1.807) is 54.7 Å². The minimum absolute atomic E-state index is 0.109. The van der Waals surface area contributed by atoms with E-state index in [1.807, 2.05) is 19.1 Å². The number of anilines is 1. The monoisotopic (exact) mass is 561 g/mol. The summed E-state index contributed by atoms with van der Waals surface area (Å²) in [4.78, 5) is 13.0. The number of nitrogens with zero attached hydrogens (tertiary/aromatic N) is 2. The molecule has 8 heteroatoms. The summed E-state index contributed by atoms with van der Waals surface area (Å²) in [5, 5.41) is 6.50. The maximum Gasteiger partial charge on any atom is 0.264 e. The maximum absolute atomic E-state index is 13.5. The van der Waals surface area contributed by atoms with Crippen molar-refractivity contribution in [1.29, 1.82) is 0 Å². The van der Waals surface area contributed by atoms with Crippen molar-refractivity contribution in [1.82, 2.24) is 5.43 Å². The molecule has 0 unspecified atom stereocenters. The molecule has 0 fully saturated rings. The zero-order valence-electron chi connectivity index (χ0n) is 19.6. The Kier molecular flexibility index (Phi) is 6.64. The Balaban J connectivity index is 1.39. The largest absolute Gasteiger partial charge is 0.271 e. The van der Waals surface area contributed by atoms with Gasteiger partial charge in [0.1, 0.15) is 6.54 Å². The molecule has 36 heavy (non-hydrogen) atoms. The van der Waals surface area contributed by atoms with Gasteiger partial charge in [-0.25, -0.2) is 13.8 Å². The molecule has 1 amide bonds. The normalized spacial score (nSPS) is 12.8. The van der Waals surface area contributed by atoms with Gasteiger partial charge in [-0.15, -0.1) is 0 Å². The third-order valence-corrected chi connectivity index (χ3v) is 8.58. The summed E-state index contributed by atoms with van der Waals surface area (Å²) in [5.41, 5.74) is 7.37. The smallest absolute Gasteiger partial charge is 0.264 e. The van der Waals surface area contributed by atoms with Crippen LogP contribution in [0.2, 0.25) is 0 Å². The van der Waals surface area contributed by atoms with Crippen molar-refractivity contribution in [3.8, 4) is 0 Å². The molecular formula is C28H24BrN3O3S. The molecule has 0 heterocycles. The molecular weight excluding hydrogens is 538 g/mol. The highest BCUT2D eigenvalue weighted by molar-refractivity contribution is 9.10. The lowest BCUT2D eigenvalue weighted by Crippen LogP contribution is -2.39. The molecule has 1 N–H and O–H groups in total. The second-order valence-corrected chi connectivity index (χ2v) is 11.5. The van der Waals surface area contributed by atoms with Gasteiger partial charge in [0.15, 0.2) is 0 Å². The van der Waals surface area contributed by atoms with Gasteiger partial charge in [0.05, 0.1) is 16.8 Å². The van der Waals surface area contributed by atoms with Crippen molar-refractivity contribution < 1.29 is 13.2 Å². The molecule has 0 spiro atoms. The van der Waals surface area contributed by atoms with Crippen LogP contribution >= 0.6 is 15.9 Å². The summed E-state index contributed by atoms with van der Waals surface area (Å²) >= 11 is 3.39. The van der Waals surface area contributed by atoms with E-state index < -0.39 is 22.5 Å². The van der Waals surface area contributed by atoms with Crippen LogP contribution in [0.15, 0.2) is 93.3 Å². The number of benzene rings is 4. The molecule has 5 rings (SSSR count). The van der Waals surface area contributed by atoms with Gasteiger partial charge < -0.3 is 0 Å². The summed E-state index contributed by atoms with van der Waals surface area (Å²) in [6.07, 6.45) is 3.67. The van der Waals surface area contributed by atoms with Gasteiger partial charge >= 0.3 is 0 Å². The fourth-order valence-corrected chi connectivity index (χ4v) is 6.31. The average molecular weight is 562 g/mol. The van der Waals surface area contributed by atoms with Crippen molar-refractivity contribution in [3.63, 3.8) is 0 Å². The Hall–Kier alpha value is -3.49. The number of hydrazone groups is 1. The molecule has 0 atom stereocenters. The molecule has 0 aliphatic heterocycles. The first-order valence-corrected chi connectivity index (χ1v) is 13.8. The van der Waals surface area contributed by atoms with Crippen LogP contribution in [0.3, 0.4) is 0 Å². The Morgan fingerprint density at radius 3 is 2.47 bits per heavy atom. The van der Waals surface area contributed by atoms with Crippen LogP contribution in [-0.4, -0.2) is 27.1 Å². The predicted octanol–water partition coefficient (Wildman–Crippen LogP) is 5.35. The molecule has 6 nitrogen and oxygen atoms in total. The first-order valence-electron chi connectivity index (χ1n) is 11.5. The molecule has 4 aromatic carbocycles. The maximum atomic E-state index is 13.5. The van der Waals surface area contributed by atoms with Gasteiger partial charge in [0.2, 0.25) is 0 Å². The van der Waals surface area contributed by atoms with Gasteiger partial charge in [0.25, 0.3) is 15.9 Å². The van der Waals surface area contributed by atoms with E-state index in [2.05, 4.69) is 44.7 Å². The minimum Gasteiger partial charge on any atom is -0.271 e. The Bertz CT molecular complexity index is 1590. The lowest BCUT2D eigenvalue weighted by atomic mass is 10.0. The zero-order valence-corrected chi connectivity index (χ0v) is 22.0. The molecule has 0 saturated heterocycles. The lowest BCUT2D eigenvalue weighted by molar-refractivity contribution is -0.119. The van der Waals surface area contributed by atoms with Crippen molar-refractivity contribution in [3.05, 3.63) is 106 Å². The number of nitrogens with one attached hydrogen (secondary N) is 1. The molecule has 182 valence electrons. The molecule has 0 bridgehead atoms. The molecule has 0 radical (unpaired) electrons. The SMILES string of the molecule is Cc1ccc(S(=O)(=O)N(CC(=O)N/N=C\c2ccc3c4c(cccc24)CC3)c2cccc(Br)c2)cc1. The second-order valence-electron chi connectivity index (χ2n) is 8.75. The quantitative estimate of drug-likeness (QED) is 0.244. The molecule has 1 aliphatic carbocycles. The first kappa shape index (κ1) is 24.2. The van der Waals surface area contributed by atoms with Gasteiger partial charge in [-0.2, -0.15) is 5.10 Å². The standard InChI is InChI=1S/C28H24BrN3O3S/c1-19-8-14-25(15-9-19)36(34,35)32(24-6-3-5-23(29)16-24)18-27(33)31-30-17-22-13-12-21-11-10-20-4-2-7-26(22)28(20)21/h2-9,12-17H,10-11,18H2,1H3,(H,31,33)/b30-17-. The van der Waals surface area contributed by atoms with E-state index in [9.17, 15) is 13.2 Å². The summed E-state index contributed by atoms with van der Waals surface area (Å²) in [5.74, 6) is -0.548. The highest BCUT2D eigenvalue weighted by Gasteiger charge is 2.27. The number of hydrogen-bond donors (Lipinski definition) is 1. The van der Waals surface area contributed by atoms with E-state index in [0.717, 1.165) is 33.7 Å². The average Bonchev–Trinajstić information content (AvgIpc) is 3.29. The number of carbonyl (C=O) groups excluding carboxylic acids is 1. The third-order valence-electron chi connectivity index (χ3n) is 6.30. The number of amides is 1. The highest BCUT2D eigenvalue weighted by atomic mass is 79.9. The lowest BCUT2D eigenvalue weighted by Gasteiger charge is -2.24. The van der Waals surface area contributed by atoms with Crippen LogP contribution in [0.25, 0.3) is 10.8 Å². The van der Waals surface area contributed by atoms with E-state index in [0.29, 0.717) is 10.2 Å². The number of hydrogen-bond acceptors (Lipinski definition) is 4. The Morgan fingerprint density at radius 1 is 1.00 bits per heavy atom. The van der Waals surface area contributed by atoms with Crippen LogP contribution in [0.1, 0.15) is 22.3 Å². The Morgan fingerprint density at radius 2 is 1.72 bits per heavy atom. The zero-order chi connectivity index (χ0) is 25.3. The number of aryl methyl sites for hydroxylation is 3. The molecule has 4 aromatic rings. The van der Waals surface area contributed by atoms with Gasteiger partial charge in [0, 0.05) is 10.0 Å². The summed E-state index contributed by atoms with van der Waals surface area (Å²) in [6.45, 7) is 1.46. The fourth-order valence-electron chi connectivity index (χ4n) is 4.51.